The molecule has 1 fully saturated rings. The number of rotatable bonds is 3. The van der Waals surface area contributed by atoms with Gasteiger partial charge >= 0.3 is 0 Å². The summed E-state index contributed by atoms with van der Waals surface area (Å²) in [5.74, 6) is 0.468. The van der Waals surface area contributed by atoms with Crippen LogP contribution in [0.15, 0.2) is 15.9 Å². The lowest BCUT2D eigenvalue weighted by molar-refractivity contribution is 0.0932. The van der Waals surface area contributed by atoms with Crippen molar-refractivity contribution in [3.05, 3.63) is 20.8 Å². The summed E-state index contributed by atoms with van der Waals surface area (Å²) in [5.41, 5.74) is 5.69. The smallest absolute Gasteiger partial charge is 0.262 e. The third-order valence-corrected chi connectivity index (χ3v) is 4.94. The molecule has 1 aliphatic carbocycles. The second-order valence-electron chi connectivity index (χ2n) is 4.10. The zero-order valence-corrected chi connectivity index (χ0v) is 12.5. The molecule has 17 heavy (non-hydrogen) atoms. The van der Waals surface area contributed by atoms with Crippen molar-refractivity contribution in [3.63, 3.8) is 0 Å². The Bertz CT molecular complexity index is 385. The molecule has 3 N–H and O–H groups in total. The minimum absolute atomic E-state index is 0. The number of amides is 1. The maximum Gasteiger partial charge on any atom is 0.262 e. The van der Waals surface area contributed by atoms with Gasteiger partial charge in [0.05, 0.1) is 0 Å². The largest absolute Gasteiger partial charge is 0.348 e. The van der Waals surface area contributed by atoms with E-state index < -0.39 is 0 Å². The molecule has 1 heterocycles. The molecule has 0 aromatic carbocycles. The van der Waals surface area contributed by atoms with Gasteiger partial charge in [-0.25, -0.2) is 0 Å². The Morgan fingerprint density at radius 1 is 1.59 bits per heavy atom. The van der Waals surface area contributed by atoms with Crippen molar-refractivity contribution in [3.8, 4) is 0 Å². The minimum Gasteiger partial charge on any atom is -0.348 e. The van der Waals surface area contributed by atoms with E-state index in [2.05, 4.69) is 21.2 Å². The van der Waals surface area contributed by atoms with Crippen LogP contribution in [0.1, 0.15) is 28.9 Å². The Balaban J connectivity index is 0.00000144. The molecule has 3 nitrogen and oxygen atoms in total. The highest BCUT2D eigenvalue weighted by Gasteiger charge is 2.28. The molecule has 0 radical (unpaired) electrons. The number of carbonyl (C=O) groups excluding carboxylic acids is 1. The van der Waals surface area contributed by atoms with E-state index in [0.717, 1.165) is 22.2 Å². The van der Waals surface area contributed by atoms with Crippen molar-refractivity contribution in [1.29, 1.82) is 0 Å². The van der Waals surface area contributed by atoms with Gasteiger partial charge in [-0.1, -0.05) is 6.42 Å². The van der Waals surface area contributed by atoms with Crippen LogP contribution >= 0.6 is 39.7 Å². The van der Waals surface area contributed by atoms with Crippen molar-refractivity contribution < 1.29 is 4.79 Å². The molecule has 0 bridgehead atoms. The summed E-state index contributed by atoms with van der Waals surface area (Å²) in [6, 6.07) is 2.15. The van der Waals surface area contributed by atoms with Crippen molar-refractivity contribution in [2.45, 2.75) is 25.3 Å². The molecule has 1 saturated carbocycles. The van der Waals surface area contributed by atoms with Gasteiger partial charge in [-0.15, -0.1) is 23.7 Å². The normalized spacial score (nSPS) is 23.2. The standard InChI is InChI=1S/C11H15BrN2OS.ClH/c12-8-4-5-16-10(8)11(15)14-9-3-1-2-7(9)6-13;/h4-5,7,9H,1-3,6,13H2,(H,14,15);1H. The highest BCUT2D eigenvalue weighted by Crippen LogP contribution is 2.27. The molecule has 0 aliphatic heterocycles. The van der Waals surface area contributed by atoms with Crippen molar-refractivity contribution in [2.75, 3.05) is 6.54 Å². The maximum absolute atomic E-state index is 12.0. The number of hydrogen-bond acceptors (Lipinski definition) is 3. The van der Waals surface area contributed by atoms with Gasteiger partial charge in [-0.2, -0.15) is 0 Å². The molecule has 0 saturated heterocycles. The summed E-state index contributed by atoms with van der Waals surface area (Å²) in [4.78, 5) is 12.7. The summed E-state index contributed by atoms with van der Waals surface area (Å²) in [7, 11) is 0. The van der Waals surface area contributed by atoms with E-state index in [4.69, 9.17) is 5.73 Å². The van der Waals surface area contributed by atoms with Crippen LogP contribution in [0.2, 0.25) is 0 Å². The van der Waals surface area contributed by atoms with E-state index in [9.17, 15) is 4.79 Å². The molecule has 2 atom stereocenters. The first-order valence-corrected chi connectivity index (χ1v) is 7.13. The van der Waals surface area contributed by atoms with E-state index in [1.165, 1.54) is 17.8 Å². The number of nitrogens with one attached hydrogen (secondary N) is 1. The Hall–Kier alpha value is -0.100. The third-order valence-electron chi connectivity index (χ3n) is 3.10. The van der Waals surface area contributed by atoms with Crippen molar-refractivity contribution in [2.24, 2.45) is 11.7 Å². The number of nitrogens with two attached hydrogens (primary N) is 1. The fourth-order valence-electron chi connectivity index (χ4n) is 2.20. The topological polar surface area (TPSA) is 55.1 Å². The summed E-state index contributed by atoms with van der Waals surface area (Å²) in [5, 5.41) is 5.00. The average molecular weight is 340 g/mol. The molecule has 96 valence electrons. The van der Waals surface area contributed by atoms with Crippen LogP contribution in [-0.4, -0.2) is 18.5 Å². The highest BCUT2D eigenvalue weighted by atomic mass is 79.9. The van der Waals surface area contributed by atoms with Crippen molar-refractivity contribution in [1.82, 2.24) is 5.32 Å². The second kappa shape index (κ2) is 6.73. The summed E-state index contributed by atoms with van der Waals surface area (Å²) < 4.78 is 0.872. The number of thiophene rings is 1. The Morgan fingerprint density at radius 2 is 2.35 bits per heavy atom. The van der Waals surface area contributed by atoms with Crippen molar-refractivity contribution >= 4 is 45.6 Å². The molecule has 2 rings (SSSR count). The number of carbonyl (C=O) groups is 1. The molecule has 1 aromatic heterocycles. The first kappa shape index (κ1) is 15.0. The molecule has 0 spiro atoms. The lowest BCUT2D eigenvalue weighted by Gasteiger charge is -2.19. The van der Waals surface area contributed by atoms with Gasteiger partial charge in [0.25, 0.3) is 5.91 Å². The van der Waals surface area contributed by atoms with Crippen LogP contribution in [0.5, 0.6) is 0 Å². The predicted octanol–water partition coefficient (Wildman–Crippen LogP) is 2.79. The van der Waals surface area contributed by atoms with Crippen LogP contribution in [0.25, 0.3) is 0 Å². The van der Waals surface area contributed by atoms with Gasteiger partial charge in [-0.05, 0) is 52.7 Å². The SMILES string of the molecule is Cl.NCC1CCCC1NC(=O)c1sccc1Br. The molecule has 1 amide bonds. The van der Waals surface area contributed by atoms with E-state index in [1.54, 1.807) is 0 Å². The molecule has 1 aromatic rings. The Labute approximate surface area is 120 Å². The van der Waals surface area contributed by atoms with Gasteiger partial charge in [0.2, 0.25) is 0 Å². The van der Waals surface area contributed by atoms with Crippen LogP contribution in [0.4, 0.5) is 0 Å². The highest BCUT2D eigenvalue weighted by molar-refractivity contribution is 9.10. The summed E-state index contributed by atoms with van der Waals surface area (Å²) in [6.07, 6.45) is 3.35. The van der Waals surface area contributed by atoms with Gasteiger partial charge in [0, 0.05) is 10.5 Å². The van der Waals surface area contributed by atoms with E-state index in [1.807, 2.05) is 11.4 Å². The van der Waals surface area contributed by atoms with Crippen LogP contribution in [-0.2, 0) is 0 Å². The average Bonchev–Trinajstić information content (AvgIpc) is 2.86. The van der Waals surface area contributed by atoms with Gasteiger partial charge in [-0.3, -0.25) is 4.79 Å². The van der Waals surface area contributed by atoms with Gasteiger partial charge < -0.3 is 11.1 Å². The first-order chi connectivity index (χ1) is 7.72. The van der Waals surface area contributed by atoms with Crippen LogP contribution in [0, 0.1) is 5.92 Å². The zero-order chi connectivity index (χ0) is 11.5. The molecule has 2 unspecified atom stereocenters. The maximum atomic E-state index is 12.0. The quantitative estimate of drug-likeness (QED) is 0.889. The van der Waals surface area contributed by atoms with Crippen LogP contribution < -0.4 is 11.1 Å². The Morgan fingerprint density at radius 3 is 2.94 bits per heavy atom. The fourth-order valence-corrected chi connectivity index (χ4v) is 3.65. The lowest BCUT2D eigenvalue weighted by atomic mass is 10.0. The molecule has 6 heteroatoms. The van der Waals surface area contributed by atoms with Crippen LogP contribution in [0.3, 0.4) is 0 Å². The number of halogens is 2. The second-order valence-corrected chi connectivity index (χ2v) is 5.87. The Kier molecular flexibility index (Phi) is 5.92. The van der Waals surface area contributed by atoms with Gasteiger partial charge in [0.15, 0.2) is 0 Å². The lowest BCUT2D eigenvalue weighted by Crippen LogP contribution is -2.39. The summed E-state index contributed by atoms with van der Waals surface area (Å²) in [6.45, 7) is 0.663. The zero-order valence-electron chi connectivity index (χ0n) is 9.32. The van der Waals surface area contributed by atoms with E-state index >= 15 is 0 Å². The fraction of sp³-hybridized carbons (Fsp3) is 0.545. The predicted molar refractivity (Wildman–Crippen MR) is 76.9 cm³/mol. The first-order valence-electron chi connectivity index (χ1n) is 5.46. The minimum atomic E-state index is 0. The van der Waals surface area contributed by atoms with E-state index in [0.29, 0.717) is 12.5 Å². The third kappa shape index (κ3) is 3.44. The van der Waals surface area contributed by atoms with E-state index in [-0.39, 0.29) is 24.4 Å². The summed E-state index contributed by atoms with van der Waals surface area (Å²) >= 11 is 4.83. The monoisotopic (exact) mass is 338 g/mol. The molecular weight excluding hydrogens is 324 g/mol. The number of hydrogen-bond donors (Lipinski definition) is 2. The van der Waals surface area contributed by atoms with Gasteiger partial charge in [0.1, 0.15) is 4.88 Å². The molecule has 1 aliphatic rings. The molecular formula is C11H16BrClN2OS.